The van der Waals surface area contributed by atoms with Crippen LogP contribution in [0.1, 0.15) is 64.7 Å². The maximum Gasteiger partial charge on any atom is 0.409 e. The van der Waals surface area contributed by atoms with Gasteiger partial charge >= 0.3 is 6.09 Å². The molecule has 152 valence electrons. The molecule has 2 heterocycles. The zero-order chi connectivity index (χ0) is 18.8. The number of hydrogen-bond donors (Lipinski definition) is 1. The zero-order valence-corrected chi connectivity index (χ0v) is 17.5. The average molecular weight is 395 g/mol. The van der Waals surface area contributed by atoms with Gasteiger partial charge in [0.1, 0.15) is 0 Å². The lowest BCUT2D eigenvalue weighted by atomic mass is 9.70. The lowest BCUT2D eigenvalue weighted by Crippen LogP contribution is -2.45. The summed E-state index contributed by atoms with van der Waals surface area (Å²) >= 11 is 6.57. The van der Waals surface area contributed by atoms with E-state index in [-0.39, 0.29) is 6.09 Å². The van der Waals surface area contributed by atoms with Crippen LogP contribution in [-0.4, -0.2) is 48.7 Å². The molecule has 4 nitrogen and oxygen atoms in total. The fraction of sp³-hybridized carbons (Fsp3) is 0.864. The summed E-state index contributed by atoms with van der Waals surface area (Å²) in [6.07, 6.45) is 10.9. The minimum atomic E-state index is -0.142. The Kier molecular flexibility index (Phi) is 6.33. The van der Waals surface area contributed by atoms with E-state index in [2.05, 4.69) is 5.32 Å². The van der Waals surface area contributed by atoms with Crippen molar-refractivity contribution in [2.24, 2.45) is 17.8 Å². The van der Waals surface area contributed by atoms with E-state index < -0.39 is 0 Å². The van der Waals surface area contributed by atoms with Crippen molar-refractivity contribution in [2.75, 3.05) is 26.2 Å². The van der Waals surface area contributed by atoms with Crippen molar-refractivity contribution < 1.29 is 9.53 Å². The number of carbonyl (C=O) groups excluding carboxylic acids is 1. The van der Waals surface area contributed by atoms with E-state index in [9.17, 15) is 4.79 Å². The number of likely N-dealkylation sites (tertiary alicyclic amines) is 1. The van der Waals surface area contributed by atoms with Crippen LogP contribution < -0.4 is 5.32 Å². The second-order valence-electron chi connectivity index (χ2n) is 8.93. The first kappa shape index (κ1) is 19.6. The van der Waals surface area contributed by atoms with Gasteiger partial charge in [-0.3, -0.25) is 0 Å². The highest BCUT2D eigenvalue weighted by Gasteiger charge is 2.42. The van der Waals surface area contributed by atoms with Gasteiger partial charge in [0.2, 0.25) is 0 Å². The summed E-state index contributed by atoms with van der Waals surface area (Å²) < 4.78 is 5.21. The van der Waals surface area contributed by atoms with Crippen LogP contribution >= 0.6 is 11.6 Å². The molecule has 4 aliphatic rings. The van der Waals surface area contributed by atoms with Crippen LogP contribution in [0.2, 0.25) is 0 Å². The van der Waals surface area contributed by atoms with Gasteiger partial charge in [0.25, 0.3) is 0 Å². The van der Waals surface area contributed by atoms with E-state index >= 15 is 0 Å². The van der Waals surface area contributed by atoms with Crippen molar-refractivity contribution in [3.8, 4) is 0 Å². The van der Waals surface area contributed by atoms with Crippen molar-refractivity contribution in [1.82, 2.24) is 10.2 Å². The number of carbonyl (C=O) groups is 1. The van der Waals surface area contributed by atoms with Crippen LogP contribution in [0.15, 0.2) is 11.1 Å². The lowest BCUT2D eigenvalue weighted by molar-refractivity contribution is 0.104. The molecule has 2 saturated heterocycles. The second kappa shape index (κ2) is 8.73. The minimum Gasteiger partial charge on any atom is -0.450 e. The Bertz CT molecular complexity index is 569. The molecule has 0 spiro atoms. The molecule has 0 aromatic heterocycles. The molecule has 5 unspecified atom stereocenters. The first-order chi connectivity index (χ1) is 13.2. The third kappa shape index (κ3) is 4.17. The number of ether oxygens (including phenoxy) is 1. The normalized spacial score (nSPS) is 37.3. The smallest absolute Gasteiger partial charge is 0.409 e. The van der Waals surface area contributed by atoms with E-state index in [4.69, 9.17) is 16.3 Å². The van der Waals surface area contributed by atoms with Crippen molar-refractivity contribution in [1.29, 1.82) is 0 Å². The molecule has 2 aliphatic heterocycles. The molecule has 2 saturated carbocycles. The van der Waals surface area contributed by atoms with E-state index in [0.717, 1.165) is 50.7 Å². The highest BCUT2D eigenvalue weighted by molar-refractivity contribution is 6.20. The number of fused-ring (bicyclic) bond motifs is 2. The van der Waals surface area contributed by atoms with Crippen LogP contribution in [-0.2, 0) is 4.74 Å². The summed E-state index contributed by atoms with van der Waals surface area (Å²) in [6.45, 7) is 5.11. The van der Waals surface area contributed by atoms with E-state index in [0.29, 0.717) is 23.9 Å². The Labute approximate surface area is 169 Å². The molecule has 0 aromatic carbocycles. The minimum absolute atomic E-state index is 0.142. The summed E-state index contributed by atoms with van der Waals surface area (Å²) in [5, 5.41) is 4.28. The summed E-state index contributed by atoms with van der Waals surface area (Å²) in [4.78, 5) is 14.0. The molecule has 0 bridgehead atoms. The van der Waals surface area contributed by atoms with Gasteiger partial charge in [-0.1, -0.05) is 11.1 Å². The number of piperidine rings is 2. The molecule has 5 atom stereocenters. The molecular weight excluding hydrogens is 360 g/mol. The first-order valence-electron chi connectivity index (χ1n) is 11.2. The number of halogens is 1. The number of nitrogens with one attached hydrogen (secondary N) is 1. The number of nitrogens with zero attached hydrogens (tertiary/aromatic N) is 1. The molecule has 4 rings (SSSR count). The van der Waals surface area contributed by atoms with E-state index in [1.54, 1.807) is 11.1 Å². The van der Waals surface area contributed by atoms with Crippen LogP contribution in [0.4, 0.5) is 4.79 Å². The molecule has 1 amide bonds. The molecule has 4 fully saturated rings. The fourth-order valence-corrected chi connectivity index (χ4v) is 6.52. The van der Waals surface area contributed by atoms with Gasteiger partial charge in [0.15, 0.2) is 0 Å². The van der Waals surface area contributed by atoms with Crippen LogP contribution in [0.25, 0.3) is 0 Å². The van der Waals surface area contributed by atoms with Crippen LogP contribution in [0.3, 0.4) is 0 Å². The molecule has 0 aromatic rings. The van der Waals surface area contributed by atoms with Crippen molar-refractivity contribution >= 4 is 17.7 Å². The van der Waals surface area contributed by atoms with Crippen molar-refractivity contribution in [3.05, 3.63) is 11.1 Å². The van der Waals surface area contributed by atoms with Crippen LogP contribution in [0.5, 0.6) is 0 Å². The Balaban J connectivity index is 1.58. The maximum absolute atomic E-state index is 12.1. The monoisotopic (exact) mass is 394 g/mol. The third-order valence-corrected chi connectivity index (χ3v) is 7.85. The Morgan fingerprint density at radius 3 is 2.70 bits per heavy atom. The lowest BCUT2D eigenvalue weighted by Gasteiger charge is -2.41. The predicted molar refractivity (Wildman–Crippen MR) is 109 cm³/mol. The molecule has 2 aliphatic carbocycles. The standard InChI is InChI=1S/C22H35ClN2O2/c1-2-27-22(26)25-12-9-15(10-13-25)20-19-8-7-18(23)14-17(19)6-5-16-4-3-11-24-21(16)20/h16-19,21,24H,2-14H2,1H3. The van der Waals surface area contributed by atoms with Crippen molar-refractivity contribution in [2.45, 2.75) is 76.1 Å². The Hall–Kier alpha value is -0.740. The summed E-state index contributed by atoms with van der Waals surface area (Å²) in [6, 6.07) is 0.574. The van der Waals surface area contributed by atoms with Gasteiger partial charge in [-0.05, 0) is 89.0 Å². The number of hydrogen-bond acceptors (Lipinski definition) is 3. The van der Waals surface area contributed by atoms with Gasteiger partial charge in [0, 0.05) is 24.5 Å². The van der Waals surface area contributed by atoms with Gasteiger partial charge in [0.05, 0.1) is 6.61 Å². The van der Waals surface area contributed by atoms with Gasteiger partial charge in [-0.15, -0.1) is 11.6 Å². The van der Waals surface area contributed by atoms with Crippen molar-refractivity contribution in [3.63, 3.8) is 0 Å². The third-order valence-electron chi connectivity index (χ3n) is 7.45. The topological polar surface area (TPSA) is 41.6 Å². The Morgan fingerprint density at radius 2 is 1.93 bits per heavy atom. The maximum atomic E-state index is 12.1. The molecular formula is C22H35ClN2O2. The largest absolute Gasteiger partial charge is 0.450 e. The van der Waals surface area contributed by atoms with Gasteiger partial charge < -0.3 is 15.0 Å². The Morgan fingerprint density at radius 1 is 1.15 bits per heavy atom. The van der Waals surface area contributed by atoms with Crippen LogP contribution in [0, 0.1) is 17.8 Å². The number of amides is 1. The zero-order valence-electron chi connectivity index (χ0n) is 16.7. The molecule has 5 heteroatoms. The molecule has 27 heavy (non-hydrogen) atoms. The summed E-state index contributed by atoms with van der Waals surface area (Å²) in [5.74, 6) is 2.27. The van der Waals surface area contributed by atoms with E-state index in [1.807, 2.05) is 11.8 Å². The quantitative estimate of drug-likeness (QED) is 0.516. The SMILES string of the molecule is CCOC(=O)N1CCC(=C2C3CCC(Cl)CC3CCC3CCCNC23)CC1. The average Bonchev–Trinajstić information content (AvgIpc) is 2.85. The highest BCUT2D eigenvalue weighted by atomic mass is 35.5. The second-order valence-corrected chi connectivity index (χ2v) is 9.55. The summed E-state index contributed by atoms with van der Waals surface area (Å²) in [7, 11) is 0. The van der Waals surface area contributed by atoms with Gasteiger partial charge in [-0.2, -0.15) is 0 Å². The van der Waals surface area contributed by atoms with Gasteiger partial charge in [-0.25, -0.2) is 4.79 Å². The molecule has 0 radical (unpaired) electrons. The first-order valence-corrected chi connectivity index (χ1v) is 11.6. The number of alkyl halides is 1. The fourth-order valence-electron chi connectivity index (χ4n) is 6.17. The summed E-state index contributed by atoms with van der Waals surface area (Å²) in [5.41, 5.74) is 3.39. The predicted octanol–water partition coefficient (Wildman–Crippen LogP) is 4.72. The molecule has 1 N–H and O–H groups in total. The number of rotatable bonds is 1. The van der Waals surface area contributed by atoms with E-state index in [1.165, 1.54) is 38.5 Å². The highest BCUT2D eigenvalue weighted by Crippen LogP contribution is 2.48.